The number of nitrogens with one attached hydrogen (secondary N) is 1. The lowest BCUT2D eigenvalue weighted by atomic mass is 9.70. The van der Waals surface area contributed by atoms with E-state index >= 15 is 0 Å². The van der Waals surface area contributed by atoms with Crippen LogP contribution in [-0.2, 0) is 27.2 Å². The summed E-state index contributed by atoms with van der Waals surface area (Å²) in [6.45, 7) is 5.97. The minimum atomic E-state index is -0.549. The molecule has 194 valence electrons. The molecule has 0 fully saturated rings. The SMILES string of the molecule is CN(CC(=O)Nc1ccccc1Cl)C(=O)COC(=O)c1c2c(nc3ccccc13)CC[C@H](C(C)(C)C)C2. The third-order valence-corrected chi connectivity index (χ3v) is 7.30. The maximum Gasteiger partial charge on any atom is 0.339 e. The number of rotatable bonds is 6. The van der Waals surface area contributed by atoms with Crippen molar-refractivity contribution in [1.29, 1.82) is 0 Å². The molecule has 3 aromatic rings. The molecule has 0 saturated heterocycles. The number of fused-ring (bicyclic) bond motifs is 2. The Morgan fingerprint density at radius 3 is 2.54 bits per heavy atom. The van der Waals surface area contributed by atoms with Crippen molar-refractivity contribution in [2.75, 3.05) is 25.5 Å². The van der Waals surface area contributed by atoms with E-state index in [0.717, 1.165) is 41.4 Å². The number of aryl methyl sites for hydroxylation is 1. The molecule has 0 saturated carbocycles. The van der Waals surface area contributed by atoms with Gasteiger partial charge in [-0.1, -0.05) is 62.7 Å². The van der Waals surface area contributed by atoms with Gasteiger partial charge in [-0.15, -0.1) is 0 Å². The van der Waals surface area contributed by atoms with Crippen molar-refractivity contribution in [2.24, 2.45) is 11.3 Å². The van der Waals surface area contributed by atoms with Gasteiger partial charge in [0, 0.05) is 18.1 Å². The van der Waals surface area contributed by atoms with Gasteiger partial charge in [0.2, 0.25) is 5.91 Å². The van der Waals surface area contributed by atoms with E-state index in [4.69, 9.17) is 21.3 Å². The first-order valence-corrected chi connectivity index (χ1v) is 12.8. The Kier molecular flexibility index (Phi) is 7.83. The fraction of sp³-hybridized carbons (Fsp3) is 0.379. The zero-order valence-corrected chi connectivity index (χ0v) is 22.4. The summed E-state index contributed by atoms with van der Waals surface area (Å²) >= 11 is 6.08. The first-order chi connectivity index (χ1) is 17.5. The molecular formula is C29H32ClN3O4. The minimum Gasteiger partial charge on any atom is -0.452 e. The van der Waals surface area contributed by atoms with Gasteiger partial charge < -0.3 is 15.0 Å². The number of para-hydroxylation sites is 2. The molecule has 1 heterocycles. The molecule has 0 radical (unpaired) electrons. The fourth-order valence-electron chi connectivity index (χ4n) is 4.73. The number of nitrogens with zero attached hydrogens (tertiary/aromatic N) is 2. The van der Waals surface area contributed by atoms with Crippen molar-refractivity contribution >= 4 is 46.0 Å². The quantitative estimate of drug-likeness (QED) is 0.445. The molecule has 2 aromatic carbocycles. The summed E-state index contributed by atoms with van der Waals surface area (Å²) in [6.07, 6.45) is 2.54. The van der Waals surface area contributed by atoms with Gasteiger partial charge in [-0.3, -0.25) is 14.6 Å². The van der Waals surface area contributed by atoms with E-state index in [1.807, 2.05) is 24.3 Å². The lowest BCUT2D eigenvalue weighted by Crippen LogP contribution is -2.37. The fourth-order valence-corrected chi connectivity index (χ4v) is 4.91. The Morgan fingerprint density at radius 1 is 1.11 bits per heavy atom. The highest BCUT2D eigenvalue weighted by Gasteiger charge is 2.33. The van der Waals surface area contributed by atoms with Gasteiger partial charge in [0.15, 0.2) is 6.61 Å². The Labute approximate surface area is 222 Å². The van der Waals surface area contributed by atoms with E-state index in [9.17, 15) is 14.4 Å². The highest BCUT2D eigenvalue weighted by atomic mass is 35.5. The third-order valence-electron chi connectivity index (χ3n) is 6.97. The smallest absolute Gasteiger partial charge is 0.339 e. The molecule has 0 unspecified atom stereocenters. The summed E-state index contributed by atoms with van der Waals surface area (Å²) in [7, 11) is 1.49. The maximum absolute atomic E-state index is 13.4. The monoisotopic (exact) mass is 521 g/mol. The molecule has 1 aliphatic carbocycles. The minimum absolute atomic E-state index is 0.0910. The van der Waals surface area contributed by atoms with Crippen molar-refractivity contribution in [2.45, 2.75) is 40.0 Å². The second-order valence-corrected chi connectivity index (χ2v) is 11.0. The molecule has 2 amide bonds. The summed E-state index contributed by atoms with van der Waals surface area (Å²) in [6, 6.07) is 14.4. The van der Waals surface area contributed by atoms with Crippen LogP contribution in [-0.4, -0.2) is 47.9 Å². The normalized spacial score (nSPS) is 15.1. The average Bonchev–Trinajstić information content (AvgIpc) is 2.86. The second-order valence-electron chi connectivity index (χ2n) is 10.6. The van der Waals surface area contributed by atoms with Crippen molar-refractivity contribution in [3.63, 3.8) is 0 Å². The lowest BCUT2D eigenvalue weighted by molar-refractivity contribution is -0.136. The summed E-state index contributed by atoms with van der Waals surface area (Å²) < 4.78 is 5.51. The summed E-state index contributed by atoms with van der Waals surface area (Å²) in [5, 5.41) is 3.80. The Morgan fingerprint density at radius 2 is 1.81 bits per heavy atom. The van der Waals surface area contributed by atoms with Crippen LogP contribution in [0.4, 0.5) is 5.69 Å². The molecule has 0 spiro atoms. The number of halogens is 1. The number of hydrogen-bond acceptors (Lipinski definition) is 5. The van der Waals surface area contributed by atoms with Gasteiger partial charge in [-0.25, -0.2) is 4.79 Å². The molecule has 1 aliphatic rings. The number of ether oxygens (including phenoxy) is 1. The molecule has 4 rings (SSSR count). The lowest BCUT2D eigenvalue weighted by Gasteiger charge is -2.35. The number of anilines is 1. The van der Waals surface area contributed by atoms with Crippen molar-refractivity contribution < 1.29 is 19.1 Å². The van der Waals surface area contributed by atoms with Gasteiger partial charge in [-0.05, 0) is 54.4 Å². The van der Waals surface area contributed by atoms with Gasteiger partial charge in [0.25, 0.3) is 5.91 Å². The Hall–Kier alpha value is -3.45. The molecule has 1 aromatic heterocycles. The van der Waals surface area contributed by atoms with E-state index in [1.165, 1.54) is 11.9 Å². The topological polar surface area (TPSA) is 88.6 Å². The summed E-state index contributed by atoms with van der Waals surface area (Å²) in [5.41, 5.74) is 3.61. The molecular weight excluding hydrogens is 490 g/mol. The number of pyridine rings is 1. The molecule has 1 atom stereocenters. The van der Waals surface area contributed by atoms with Gasteiger partial charge >= 0.3 is 5.97 Å². The third kappa shape index (κ3) is 6.10. The van der Waals surface area contributed by atoms with Gasteiger partial charge in [0.05, 0.1) is 28.3 Å². The number of hydrogen-bond donors (Lipinski definition) is 1. The molecule has 0 bridgehead atoms. The van der Waals surface area contributed by atoms with E-state index in [2.05, 4.69) is 26.1 Å². The standard InChI is InChI=1S/C29H32ClN3O4/c1-29(2,3)18-13-14-23-20(15-18)27(19-9-5-7-11-22(19)31-23)28(36)37-17-26(35)33(4)16-25(34)32-24-12-8-6-10-21(24)30/h5-12,18H,13-17H2,1-4H3,(H,32,34)/t18-/m0/s1. The number of benzene rings is 2. The van der Waals surface area contributed by atoms with Crippen LogP contribution in [0, 0.1) is 11.3 Å². The molecule has 1 N–H and O–H groups in total. The molecule has 0 aliphatic heterocycles. The van der Waals surface area contributed by atoms with Crippen molar-refractivity contribution in [3.05, 3.63) is 70.4 Å². The predicted octanol–water partition coefficient (Wildman–Crippen LogP) is 5.29. The van der Waals surface area contributed by atoms with Gasteiger partial charge in [-0.2, -0.15) is 0 Å². The number of esters is 1. The highest BCUT2D eigenvalue weighted by molar-refractivity contribution is 6.33. The average molecular weight is 522 g/mol. The largest absolute Gasteiger partial charge is 0.452 e. The van der Waals surface area contributed by atoms with Crippen LogP contribution in [0.3, 0.4) is 0 Å². The number of aromatic nitrogens is 1. The van der Waals surface area contributed by atoms with E-state index < -0.39 is 24.4 Å². The molecule has 8 heteroatoms. The number of carbonyl (C=O) groups is 3. The van der Waals surface area contributed by atoms with E-state index in [0.29, 0.717) is 22.2 Å². The van der Waals surface area contributed by atoms with Crippen LogP contribution >= 0.6 is 11.6 Å². The van der Waals surface area contributed by atoms with Crippen LogP contribution in [0.15, 0.2) is 48.5 Å². The van der Waals surface area contributed by atoms with Gasteiger partial charge in [0.1, 0.15) is 0 Å². The predicted molar refractivity (Wildman–Crippen MR) is 145 cm³/mol. The van der Waals surface area contributed by atoms with Crippen molar-refractivity contribution in [1.82, 2.24) is 9.88 Å². The summed E-state index contributed by atoms with van der Waals surface area (Å²) in [4.78, 5) is 44.5. The zero-order valence-electron chi connectivity index (χ0n) is 21.6. The number of likely N-dealkylation sites (N-methyl/N-ethyl adjacent to an activating group) is 1. The number of carbonyl (C=O) groups excluding carboxylic acids is 3. The van der Waals surface area contributed by atoms with E-state index in [-0.39, 0.29) is 12.0 Å². The Balaban J connectivity index is 1.47. The van der Waals surface area contributed by atoms with Crippen LogP contribution in [0.25, 0.3) is 10.9 Å². The van der Waals surface area contributed by atoms with E-state index in [1.54, 1.807) is 24.3 Å². The first kappa shape index (κ1) is 26.6. The molecule has 7 nitrogen and oxygen atoms in total. The maximum atomic E-state index is 13.4. The Bertz CT molecular complexity index is 1350. The number of amides is 2. The first-order valence-electron chi connectivity index (χ1n) is 12.4. The zero-order chi connectivity index (χ0) is 26.7. The van der Waals surface area contributed by atoms with Crippen LogP contribution in [0.2, 0.25) is 5.02 Å². The van der Waals surface area contributed by atoms with Crippen LogP contribution in [0.5, 0.6) is 0 Å². The summed E-state index contributed by atoms with van der Waals surface area (Å²) in [5.74, 6) is -1.04. The second kappa shape index (κ2) is 10.9. The molecule has 37 heavy (non-hydrogen) atoms. The van der Waals surface area contributed by atoms with Crippen LogP contribution < -0.4 is 5.32 Å². The van der Waals surface area contributed by atoms with Crippen molar-refractivity contribution in [3.8, 4) is 0 Å². The highest BCUT2D eigenvalue weighted by Crippen LogP contribution is 2.39. The van der Waals surface area contributed by atoms with Crippen LogP contribution in [0.1, 0.15) is 48.8 Å².